The molecule has 0 aromatic heterocycles. The van der Waals surface area contributed by atoms with Crippen molar-refractivity contribution < 1.29 is 9.90 Å². The summed E-state index contributed by atoms with van der Waals surface area (Å²) >= 11 is 7.49. The van der Waals surface area contributed by atoms with Crippen LogP contribution in [0.15, 0.2) is 23.1 Å². The van der Waals surface area contributed by atoms with E-state index in [0.717, 1.165) is 38.5 Å². The number of halogens is 1. The van der Waals surface area contributed by atoms with Gasteiger partial charge in [-0.25, -0.2) is 0 Å². The first-order valence-electron chi connectivity index (χ1n) is 8.01. The van der Waals surface area contributed by atoms with E-state index >= 15 is 0 Å². The molecule has 1 heterocycles. The lowest BCUT2D eigenvalue weighted by atomic mass is 9.67. The summed E-state index contributed by atoms with van der Waals surface area (Å²) in [5.74, 6) is 1.15. The largest absolute Gasteiger partial charge is 0.391 e. The molecule has 1 saturated carbocycles. The molecule has 116 valence electrons. The lowest BCUT2D eigenvalue weighted by Crippen LogP contribution is -2.55. The summed E-state index contributed by atoms with van der Waals surface area (Å²) in [6, 6.07) is 0. The smallest absolute Gasteiger partial charge is 0.152 e. The van der Waals surface area contributed by atoms with Crippen molar-refractivity contribution in [2.24, 2.45) is 11.8 Å². The summed E-state index contributed by atoms with van der Waals surface area (Å²) in [5, 5.41) is 13.2. The molecule has 0 aromatic rings. The van der Waals surface area contributed by atoms with Gasteiger partial charge >= 0.3 is 0 Å². The van der Waals surface area contributed by atoms with Gasteiger partial charge in [-0.1, -0.05) is 17.7 Å². The van der Waals surface area contributed by atoms with Gasteiger partial charge in [0, 0.05) is 24.1 Å². The van der Waals surface area contributed by atoms with E-state index in [1.165, 1.54) is 5.57 Å². The van der Waals surface area contributed by atoms with Crippen LogP contribution in [-0.2, 0) is 4.79 Å². The second-order valence-electron chi connectivity index (χ2n) is 6.38. The maximum Gasteiger partial charge on any atom is 0.152 e. The zero-order chi connectivity index (χ0) is 14.9. The molecule has 21 heavy (non-hydrogen) atoms. The van der Waals surface area contributed by atoms with Crippen molar-refractivity contribution >= 4 is 29.1 Å². The SMILES string of the molecule is O=C1CCC[C@H]2C(CCCl)=CS[C@@]12[C@@H](O)[C@@H]1C=CCCC1. The highest BCUT2D eigenvalue weighted by Gasteiger charge is 2.57. The van der Waals surface area contributed by atoms with E-state index in [1.54, 1.807) is 11.8 Å². The molecular weight excluding hydrogens is 304 g/mol. The van der Waals surface area contributed by atoms with Crippen molar-refractivity contribution in [2.75, 3.05) is 5.88 Å². The maximum absolute atomic E-state index is 12.8. The fraction of sp³-hybridized carbons (Fsp3) is 0.706. The monoisotopic (exact) mass is 326 g/mol. The van der Waals surface area contributed by atoms with Crippen molar-refractivity contribution in [1.29, 1.82) is 0 Å². The molecule has 0 spiro atoms. The second kappa shape index (κ2) is 6.47. The van der Waals surface area contributed by atoms with Crippen molar-refractivity contribution in [1.82, 2.24) is 0 Å². The van der Waals surface area contributed by atoms with Crippen LogP contribution in [0.25, 0.3) is 0 Å². The third kappa shape index (κ3) is 2.62. The van der Waals surface area contributed by atoms with Gasteiger partial charge in [-0.3, -0.25) is 4.79 Å². The predicted molar refractivity (Wildman–Crippen MR) is 88.6 cm³/mol. The van der Waals surface area contributed by atoms with E-state index in [2.05, 4.69) is 17.6 Å². The summed E-state index contributed by atoms with van der Waals surface area (Å²) in [5.41, 5.74) is 1.28. The van der Waals surface area contributed by atoms with Gasteiger partial charge in [-0.05, 0) is 43.9 Å². The zero-order valence-electron chi connectivity index (χ0n) is 12.3. The minimum Gasteiger partial charge on any atom is -0.391 e. The van der Waals surface area contributed by atoms with Crippen molar-refractivity contribution in [3.8, 4) is 0 Å². The molecule has 3 rings (SSSR count). The van der Waals surface area contributed by atoms with Gasteiger partial charge in [0.05, 0.1) is 6.10 Å². The highest BCUT2D eigenvalue weighted by Crippen LogP contribution is 2.56. The summed E-state index contributed by atoms with van der Waals surface area (Å²) in [6.07, 6.45) is 10.3. The lowest BCUT2D eigenvalue weighted by Gasteiger charge is -2.44. The Morgan fingerprint density at radius 3 is 3.00 bits per heavy atom. The molecule has 4 heteroatoms. The first-order valence-corrected chi connectivity index (χ1v) is 9.42. The van der Waals surface area contributed by atoms with E-state index in [-0.39, 0.29) is 17.6 Å². The molecular formula is C17H23ClO2S. The standard InChI is InChI=1S/C17H23ClO2S/c18-10-9-13-11-21-17(14(13)7-4-8-15(17)19)16(20)12-5-2-1-3-6-12/h2,5,11-12,14,16,20H,1,3-4,6-10H2/t12-,14+,16+,17-/m1/s1. The van der Waals surface area contributed by atoms with Gasteiger partial charge in [0.1, 0.15) is 4.75 Å². The Morgan fingerprint density at radius 1 is 1.43 bits per heavy atom. The van der Waals surface area contributed by atoms with Crippen molar-refractivity contribution in [2.45, 2.75) is 55.8 Å². The second-order valence-corrected chi connectivity index (χ2v) is 7.90. The van der Waals surface area contributed by atoms with Crippen LogP contribution in [0.2, 0.25) is 0 Å². The van der Waals surface area contributed by atoms with Gasteiger partial charge in [0.25, 0.3) is 0 Å². The number of aliphatic hydroxyl groups excluding tert-OH is 1. The molecule has 0 bridgehead atoms. The molecule has 1 aliphatic heterocycles. The normalized spacial score (nSPS) is 37.2. The summed E-state index contributed by atoms with van der Waals surface area (Å²) < 4.78 is -0.633. The molecule has 0 radical (unpaired) electrons. The van der Waals surface area contributed by atoms with Crippen LogP contribution in [0.4, 0.5) is 0 Å². The zero-order valence-corrected chi connectivity index (χ0v) is 13.8. The Hall–Kier alpha value is -0.250. The summed E-state index contributed by atoms with van der Waals surface area (Å²) in [4.78, 5) is 12.8. The Kier molecular flexibility index (Phi) is 4.82. The fourth-order valence-corrected chi connectivity index (χ4v) is 5.97. The molecule has 2 aliphatic carbocycles. The number of ketones is 1. The van der Waals surface area contributed by atoms with Gasteiger partial charge in [0.2, 0.25) is 0 Å². The predicted octanol–water partition coefficient (Wildman–Crippen LogP) is 4.07. The van der Waals surface area contributed by atoms with Crippen LogP contribution in [0.5, 0.6) is 0 Å². The molecule has 1 fully saturated rings. The number of hydrogen-bond acceptors (Lipinski definition) is 3. The molecule has 0 amide bonds. The maximum atomic E-state index is 12.8. The average Bonchev–Trinajstić information content (AvgIpc) is 2.89. The number of carbonyl (C=O) groups is 1. The third-order valence-corrected chi connectivity index (χ3v) is 6.98. The number of allylic oxidation sites excluding steroid dienone is 2. The molecule has 1 N–H and O–H groups in total. The topological polar surface area (TPSA) is 37.3 Å². The Bertz CT molecular complexity index is 473. The molecule has 0 aromatic carbocycles. The van der Waals surface area contributed by atoms with Crippen LogP contribution in [0, 0.1) is 11.8 Å². The number of hydrogen-bond donors (Lipinski definition) is 1. The number of rotatable bonds is 4. The van der Waals surface area contributed by atoms with Crippen molar-refractivity contribution in [3.05, 3.63) is 23.1 Å². The van der Waals surface area contributed by atoms with Crippen LogP contribution in [0.1, 0.15) is 44.9 Å². The fourth-order valence-electron chi connectivity index (χ4n) is 4.14. The van der Waals surface area contributed by atoms with Gasteiger partial charge < -0.3 is 5.11 Å². The Balaban J connectivity index is 1.89. The van der Waals surface area contributed by atoms with Crippen LogP contribution < -0.4 is 0 Å². The molecule has 2 nitrogen and oxygen atoms in total. The Labute approximate surface area is 136 Å². The van der Waals surface area contributed by atoms with Crippen LogP contribution in [-0.4, -0.2) is 27.6 Å². The molecule has 3 aliphatic rings. The van der Waals surface area contributed by atoms with Crippen molar-refractivity contribution in [3.63, 3.8) is 0 Å². The minimum absolute atomic E-state index is 0.125. The van der Waals surface area contributed by atoms with E-state index in [0.29, 0.717) is 12.3 Å². The number of aliphatic hydroxyl groups is 1. The number of carbonyl (C=O) groups excluding carboxylic acids is 1. The number of fused-ring (bicyclic) bond motifs is 1. The lowest BCUT2D eigenvalue weighted by molar-refractivity contribution is -0.128. The first-order chi connectivity index (χ1) is 10.2. The molecule has 4 atom stereocenters. The highest BCUT2D eigenvalue weighted by molar-refractivity contribution is 8.04. The molecule has 0 saturated heterocycles. The van der Waals surface area contributed by atoms with E-state index in [9.17, 15) is 9.90 Å². The molecule has 0 unspecified atom stereocenters. The number of Topliss-reactive ketones (excluding diaryl/α,β-unsaturated/α-hetero) is 1. The van der Waals surface area contributed by atoms with E-state index in [4.69, 9.17) is 11.6 Å². The summed E-state index contributed by atoms with van der Waals surface area (Å²) in [7, 11) is 0. The van der Waals surface area contributed by atoms with E-state index < -0.39 is 10.9 Å². The van der Waals surface area contributed by atoms with Gasteiger partial charge in [-0.2, -0.15) is 0 Å². The number of thioether (sulfide) groups is 1. The van der Waals surface area contributed by atoms with E-state index in [1.807, 2.05) is 0 Å². The van der Waals surface area contributed by atoms with Crippen LogP contribution >= 0.6 is 23.4 Å². The highest BCUT2D eigenvalue weighted by atomic mass is 35.5. The number of alkyl halides is 1. The first kappa shape index (κ1) is 15.6. The quantitative estimate of drug-likeness (QED) is 0.625. The average molecular weight is 327 g/mol. The summed E-state index contributed by atoms with van der Waals surface area (Å²) in [6.45, 7) is 0. The minimum atomic E-state index is -0.633. The third-order valence-electron chi connectivity index (χ3n) is 5.22. The van der Waals surface area contributed by atoms with Gasteiger partial charge in [-0.15, -0.1) is 23.4 Å². The van der Waals surface area contributed by atoms with Crippen LogP contribution in [0.3, 0.4) is 0 Å². The van der Waals surface area contributed by atoms with Gasteiger partial charge in [0.15, 0.2) is 5.78 Å². The Morgan fingerprint density at radius 2 is 2.29 bits per heavy atom.